The number of carbonyl (C=O) groups is 2. The minimum atomic E-state index is -0.744. The smallest absolute Gasteiger partial charge is 0.172 e. The molecule has 0 saturated carbocycles. The van der Waals surface area contributed by atoms with Crippen molar-refractivity contribution in [1.82, 2.24) is 0 Å². The monoisotopic (exact) mass is 310 g/mol. The van der Waals surface area contributed by atoms with Gasteiger partial charge in [0.1, 0.15) is 5.82 Å². The molecule has 0 N–H and O–H groups in total. The number of ketones is 2. The molecule has 2 aromatic carbocycles. The Labute approximate surface area is 125 Å². The molecule has 0 radical (unpaired) electrons. The second-order valence-electron chi connectivity index (χ2n) is 4.14. The lowest BCUT2D eigenvalue weighted by molar-refractivity contribution is 0.0894. The predicted molar refractivity (Wildman–Crippen MR) is 76.1 cm³/mol. The Hall–Kier alpha value is -1.71. The van der Waals surface area contributed by atoms with Crippen LogP contribution in [0.3, 0.4) is 0 Å². The number of hydrogen-bond acceptors (Lipinski definition) is 2. The molecule has 0 amide bonds. The van der Waals surface area contributed by atoms with E-state index in [0.717, 1.165) is 12.1 Å². The van der Waals surface area contributed by atoms with Gasteiger partial charge in [-0.1, -0.05) is 53.5 Å². The summed E-state index contributed by atoms with van der Waals surface area (Å²) in [5.41, 5.74) is 0.379. The van der Waals surface area contributed by atoms with Gasteiger partial charge >= 0.3 is 0 Å². The first kappa shape index (κ1) is 14.7. The average molecular weight is 311 g/mol. The summed E-state index contributed by atoms with van der Waals surface area (Å²) in [5, 5.41) is -0.136. The normalized spacial score (nSPS) is 10.3. The third kappa shape index (κ3) is 3.24. The molecule has 0 fully saturated rings. The summed E-state index contributed by atoms with van der Waals surface area (Å²) in [6.45, 7) is 0. The first-order valence-electron chi connectivity index (χ1n) is 5.75. The number of hydrogen-bond donors (Lipinski definition) is 0. The maximum Gasteiger partial charge on any atom is 0.172 e. The van der Waals surface area contributed by atoms with E-state index in [0.29, 0.717) is 5.56 Å². The number of carbonyl (C=O) groups excluding carboxylic acids is 2. The summed E-state index contributed by atoms with van der Waals surface area (Å²) in [5.74, 6) is -1.63. The van der Waals surface area contributed by atoms with Crippen LogP contribution in [0.4, 0.5) is 4.39 Å². The highest BCUT2D eigenvalue weighted by molar-refractivity contribution is 6.37. The van der Waals surface area contributed by atoms with Crippen molar-refractivity contribution in [1.29, 1.82) is 0 Å². The minimum Gasteiger partial charge on any atom is -0.294 e. The summed E-state index contributed by atoms with van der Waals surface area (Å²) >= 11 is 11.4. The van der Waals surface area contributed by atoms with Crippen LogP contribution in [0.2, 0.25) is 10.0 Å². The van der Waals surface area contributed by atoms with Gasteiger partial charge in [0.05, 0.1) is 16.5 Å². The van der Waals surface area contributed by atoms with Gasteiger partial charge in [-0.3, -0.25) is 9.59 Å². The van der Waals surface area contributed by atoms with Gasteiger partial charge in [-0.25, -0.2) is 4.39 Å². The minimum absolute atomic E-state index is 0.0299. The zero-order chi connectivity index (χ0) is 14.7. The highest BCUT2D eigenvalue weighted by Gasteiger charge is 2.18. The quantitative estimate of drug-likeness (QED) is 0.470. The van der Waals surface area contributed by atoms with Gasteiger partial charge in [0, 0.05) is 11.1 Å². The fourth-order valence-corrected chi connectivity index (χ4v) is 2.19. The number of halogens is 3. The predicted octanol–water partition coefficient (Wildman–Crippen LogP) is 4.59. The van der Waals surface area contributed by atoms with Crippen LogP contribution in [0.5, 0.6) is 0 Å². The van der Waals surface area contributed by atoms with Crippen molar-refractivity contribution in [2.75, 3.05) is 0 Å². The van der Waals surface area contributed by atoms with Crippen LogP contribution in [0.25, 0.3) is 0 Å². The van der Waals surface area contributed by atoms with E-state index in [1.807, 2.05) is 0 Å². The third-order valence-corrected chi connectivity index (χ3v) is 3.33. The largest absolute Gasteiger partial charge is 0.294 e. The van der Waals surface area contributed by atoms with Crippen LogP contribution in [0.15, 0.2) is 42.5 Å². The Balaban J connectivity index is 2.21. The van der Waals surface area contributed by atoms with E-state index in [1.54, 1.807) is 30.3 Å². The Bertz CT molecular complexity index is 669. The Morgan fingerprint density at radius 3 is 2.25 bits per heavy atom. The van der Waals surface area contributed by atoms with E-state index >= 15 is 0 Å². The van der Waals surface area contributed by atoms with Crippen LogP contribution in [0.1, 0.15) is 27.1 Å². The Morgan fingerprint density at radius 2 is 1.60 bits per heavy atom. The summed E-state index contributed by atoms with van der Waals surface area (Å²) in [6.07, 6.45) is -0.370. The maximum absolute atomic E-state index is 13.4. The molecule has 0 aliphatic rings. The van der Waals surface area contributed by atoms with Gasteiger partial charge in [0.2, 0.25) is 0 Å². The molecule has 2 aromatic rings. The highest BCUT2D eigenvalue weighted by atomic mass is 35.5. The number of benzene rings is 2. The molecule has 0 unspecified atom stereocenters. The van der Waals surface area contributed by atoms with Gasteiger partial charge in [-0.2, -0.15) is 0 Å². The van der Waals surface area contributed by atoms with Gasteiger partial charge in [0.15, 0.2) is 11.6 Å². The lowest BCUT2D eigenvalue weighted by Gasteiger charge is -2.05. The van der Waals surface area contributed by atoms with Crippen molar-refractivity contribution in [3.8, 4) is 0 Å². The molecule has 0 bridgehead atoms. The fourth-order valence-electron chi connectivity index (χ4n) is 1.70. The number of Topliss-reactive ketones (excluding diaryl/α,β-unsaturated/α-hetero) is 2. The molecule has 0 aliphatic carbocycles. The van der Waals surface area contributed by atoms with Crippen molar-refractivity contribution in [2.24, 2.45) is 0 Å². The first-order valence-corrected chi connectivity index (χ1v) is 6.50. The molecule has 0 spiro atoms. The Morgan fingerprint density at radius 1 is 0.950 bits per heavy atom. The van der Waals surface area contributed by atoms with Crippen molar-refractivity contribution in [2.45, 2.75) is 6.42 Å². The van der Waals surface area contributed by atoms with Crippen molar-refractivity contribution in [3.63, 3.8) is 0 Å². The lowest BCUT2D eigenvalue weighted by atomic mass is 10.0. The molecule has 5 heteroatoms. The van der Waals surface area contributed by atoms with E-state index in [4.69, 9.17) is 23.2 Å². The molecule has 20 heavy (non-hydrogen) atoms. The lowest BCUT2D eigenvalue weighted by Crippen LogP contribution is -2.09. The van der Waals surface area contributed by atoms with Crippen LogP contribution in [-0.4, -0.2) is 11.6 Å². The van der Waals surface area contributed by atoms with Gasteiger partial charge in [0.25, 0.3) is 0 Å². The van der Waals surface area contributed by atoms with Gasteiger partial charge in [-0.05, 0) is 12.1 Å². The second kappa shape index (κ2) is 6.16. The van der Waals surface area contributed by atoms with E-state index in [1.165, 1.54) is 0 Å². The summed E-state index contributed by atoms with van der Waals surface area (Å²) in [6, 6.07) is 10.5. The SMILES string of the molecule is O=C(CC(=O)c1cc(F)c(Cl)cc1Cl)c1ccccc1. The zero-order valence-corrected chi connectivity index (χ0v) is 11.7. The maximum atomic E-state index is 13.4. The standard InChI is InChI=1S/C15H9Cl2FO2/c16-11-7-12(17)13(18)6-10(11)15(20)8-14(19)9-4-2-1-3-5-9/h1-7H,8H2. The number of rotatable bonds is 4. The van der Waals surface area contributed by atoms with Crippen LogP contribution in [-0.2, 0) is 0 Å². The van der Waals surface area contributed by atoms with E-state index in [2.05, 4.69) is 0 Å². The average Bonchev–Trinajstić information content (AvgIpc) is 2.43. The Kier molecular flexibility index (Phi) is 4.53. The first-order chi connectivity index (χ1) is 9.49. The summed E-state index contributed by atoms with van der Waals surface area (Å²) in [4.78, 5) is 23.9. The molecule has 0 heterocycles. The van der Waals surface area contributed by atoms with Crippen LogP contribution < -0.4 is 0 Å². The third-order valence-electron chi connectivity index (χ3n) is 2.73. The van der Waals surface area contributed by atoms with Crippen LogP contribution in [0, 0.1) is 5.82 Å². The molecule has 102 valence electrons. The zero-order valence-electron chi connectivity index (χ0n) is 10.2. The van der Waals surface area contributed by atoms with Crippen molar-refractivity contribution in [3.05, 3.63) is 69.5 Å². The molecule has 0 saturated heterocycles. The molecule has 0 atom stereocenters. The molecular weight excluding hydrogens is 302 g/mol. The van der Waals surface area contributed by atoms with Gasteiger partial charge in [-0.15, -0.1) is 0 Å². The van der Waals surface area contributed by atoms with Gasteiger partial charge < -0.3 is 0 Å². The highest BCUT2D eigenvalue weighted by Crippen LogP contribution is 2.25. The van der Waals surface area contributed by atoms with E-state index < -0.39 is 11.6 Å². The molecular formula is C15H9Cl2FO2. The fraction of sp³-hybridized carbons (Fsp3) is 0.0667. The molecule has 0 aliphatic heterocycles. The van der Waals surface area contributed by atoms with E-state index in [-0.39, 0.29) is 27.8 Å². The molecule has 2 rings (SSSR count). The molecule has 0 aromatic heterocycles. The van der Waals surface area contributed by atoms with Crippen molar-refractivity contribution < 1.29 is 14.0 Å². The summed E-state index contributed by atoms with van der Waals surface area (Å²) < 4.78 is 13.4. The van der Waals surface area contributed by atoms with E-state index in [9.17, 15) is 14.0 Å². The summed E-state index contributed by atoms with van der Waals surface area (Å²) in [7, 11) is 0. The van der Waals surface area contributed by atoms with Crippen molar-refractivity contribution >= 4 is 34.8 Å². The second-order valence-corrected chi connectivity index (χ2v) is 4.95. The topological polar surface area (TPSA) is 34.1 Å². The molecule has 2 nitrogen and oxygen atoms in total. The van der Waals surface area contributed by atoms with Crippen LogP contribution >= 0.6 is 23.2 Å².